The summed E-state index contributed by atoms with van der Waals surface area (Å²) in [4.78, 5) is 10.0. The van der Waals surface area contributed by atoms with Gasteiger partial charge in [0.05, 0.1) is 23.6 Å². The number of imidazole rings is 1. The molecule has 1 saturated heterocycles. The SMILES string of the molecule is N#CC1CNCCN1Cc1nc2ccccc2[nH]1. The minimum absolute atomic E-state index is 0.0630. The van der Waals surface area contributed by atoms with Crippen LogP contribution in [0.25, 0.3) is 11.0 Å². The van der Waals surface area contributed by atoms with Gasteiger partial charge in [-0.05, 0) is 12.1 Å². The molecule has 1 atom stereocenters. The smallest absolute Gasteiger partial charge is 0.121 e. The van der Waals surface area contributed by atoms with Crippen LogP contribution in [0.15, 0.2) is 24.3 Å². The van der Waals surface area contributed by atoms with Gasteiger partial charge in [-0.25, -0.2) is 4.98 Å². The van der Waals surface area contributed by atoms with E-state index in [1.165, 1.54) is 0 Å². The summed E-state index contributed by atoms with van der Waals surface area (Å²) in [5.74, 6) is 0.929. The highest BCUT2D eigenvalue weighted by molar-refractivity contribution is 5.74. The third-order valence-electron chi connectivity index (χ3n) is 3.29. The average Bonchev–Trinajstić information content (AvgIpc) is 2.81. The number of nitriles is 1. The van der Waals surface area contributed by atoms with Crippen LogP contribution in [0.2, 0.25) is 0 Å². The fourth-order valence-corrected chi connectivity index (χ4v) is 2.34. The minimum atomic E-state index is -0.0630. The zero-order chi connectivity index (χ0) is 12.4. The van der Waals surface area contributed by atoms with Crippen molar-refractivity contribution in [2.24, 2.45) is 0 Å². The molecule has 18 heavy (non-hydrogen) atoms. The molecule has 1 unspecified atom stereocenters. The van der Waals surface area contributed by atoms with Gasteiger partial charge in [-0.2, -0.15) is 5.26 Å². The van der Waals surface area contributed by atoms with E-state index in [4.69, 9.17) is 5.26 Å². The molecule has 0 radical (unpaired) electrons. The number of piperazine rings is 1. The molecule has 0 bridgehead atoms. The molecule has 0 aliphatic carbocycles. The number of hydrogen-bond acceptors (Lipinski definition) is 4. The van der Waals surface area contributed by atoms with E-state index in [9.17, 15) is 0 Å². The largest absolute Gasteiger partial charge is 0.341 e. The molecule has 5 nitrogen and oxygen atoms in total. The van der Waals surface area contributed by atoms with Crippen LogP contribution in [0, 0.1) is 11.3 Å². The lowest BCUT2D eigenvalue weighted by molar-refractivity contribution is 0.185. The lowest BCUT2D eigenvalue weighted by Crippen LogP contribution is -2.50. The summed E-state index contributed by atoms with van der Waals surface area (Å²) in [5.41, 5.74) is 2.03. The van der Waals surface area contributed by atoms with Gasteiger partial charge in [0, 0.05) is 19.6 Å². The second-order valence-corrected chi connectivity index (χ2v) is 4.52. The summed E-state index contributed by atoms with van der Waals surface area (Å²) in [5, 5.41) is 12.4. The van der Waals surface area contributed by atoms with E-state index in [-0.39, 0.29) is 6.04 Å². The Morgan fingerprint density at radius 2 is 2.33 bits per heavy atom. The molecule has 2 aromatic rings. The summed E-state index contributed by atoms with van der Waals surface area (Å²) in [6.45, 7) is 3.25. The lowest BCUT2D eigenvalue weighted by atomic mass is 10.2. The molecular weight excluding hydrogens is 226 g/mol. The van der Waals surface area contributed by atoms with E-state index >= 15 is 0 Å². The summed E-state index contributed by atoms with van der Waals surface area (Å²) >= 11 is 0. The number of H-pyrrole nitrogens is 1. The van der Waals surface area contributed by atoms with Gasteiger partial charge in [-0.15, -0.1) is 0 Å². The molecule has 0 amide bonds. The maximum atomic E-state index is 9.12. The quantitative estimate of drug-likeness (QED) is 0.818. The molecule has 1 aromatic heterocycles. The standard InChI is InChI=1S/C13H15N5/c14-7-10-8-15-5-6-18(10)9-13-16-11-3-1-2-4-12(11)17-13/h1-4,10,15H,5-6,8-9H2,(H,16,17). The zero-order valence-corrected chi connectivity index (χ0v) is 10.1. The van der Waals surface area contributed by atoms with Crippen molar-refractivity contribution in [3.05, 3.63) is 30.1 Å². The van der Waals surface area contributed by atoms with Gasteiger partial charge in [0.25, 0.3) is 0 Å². The lowest BCUT2D eigenvalue weighted by Gasteiger charge is -2.30. The highest BCUT2D eigenvalue weighted by Crippen LogP contribution is 2.13. The monoisotopic (exact) mass is 241 g/mol. The Kier molecular flexibility index (Phi) is 2.97. The Hall–Kier alpha value is -1.90. The number of rotatable bonds is 2. The van der Waals surface area contributed by atoms with Crippen LogP contribution in [0.1, 0.15) is 5.82 Å². The van der Waals surface area contributed by atoms with E-state index in [0.29, 0.717) is 6.54 Å². The number of aromatic amines is 1. The second kappa shape index (κ2) is 4.77. The predicted molar refractivity (Wildman–Crippen MR) is 68.8 cm³/mol. The number of nitrogens with zero attached hydrogens (tertiary/aromatic N) is 3. The molecule has 2 heterocycles. The highest BCUT2D eigenvalue weighted by atomic mass is 15.2. The van der Waals surface area contributed by atoms with E-state index in [1.807, 2.05) is 24.3 Å². The third kappa shape index (κ3) is 2.08. The van der Waals surface area contributed by atoms with Crippen LogP contribution >= 0.6 is 0 Å². The van der Waals surface area contributed by atoms with Crippen molar-refractivity contribution in [2.45, 2.75) is 12.6 Å². The summed E-state index contributed by atoms with van der Waals surface area (Å²) in [6, 6.07) is 10.3. The van der Waals surface area contributed by atoms with Crippen LogP contribution in [-0.4, -0.2) is 40.5 Å². The fourth-order valence-electron chi connectivity index (χ4n) is 2.34. The Morgan fingerprint density at radius 3 is 3.17 bits per heavy atom. The molecule has 1 aromatic carbocycles. The number of nitrogens with one attached hydrogen (secondary N) is 2. The van der Waals surface area contributed by atoms with Crippen LogP contribution in [0.5, 0.6) is 0 Å². The molecule has 0 saturated carbocycles. The van der Waals surface area contributed by atoms with E-state index in [0.717, 1.165) is 36.5 Å². The molecular formula is C13H15N5. The Labute approximate surface area is 105 Å². The molecule has 1 fully saturated rings. The molecule has 0 spiro atoms. The summed E-state index contributed by atoms with van der Waals surface area (Å²) < 4.78 is 0. The molecule has 1 aliphatic rings. The number of fused-ring (bicyclic) bond motifs is 1. The van der Waals surface area contributed by atoms with Crippen LogP contribution < -0.4 is 5.32 Å². The number of aromatic nitrogens is 2. The van der Waals surface area contributed by atoms with Gasteiger partial charge in [0.15, 0.2) is 0 Å². The summed E-state index contributed by atoms with van der Waals surface area (Å²) in [6.07, 6.45) is 0. The average molecular weight is 241 g/mol. The van der Waals surface area contributed by atoms with Crippen molar-refractivity contribution >= 4 is 11.0 Å². The van der Waals surface area contributed by atoms with E-state index < -0.39 is 0 Å². The van der Waals surface area contributed by atoms with Crippen molar-refractivity contribution in [1.29, 1.82) is 5.26 Å². The first-order chi connectivity index (χ1) is 8.86. The Morgan fingerprint density at radius 1 is 1.44 bits per heavy atom. The van der Waals surface area contributed by atoms with Crippen molar-refractivity contribution in [3.63, 3.8) is 0 Å². The number of benzene rings is 1. The van der Waals surface area contributed by atoms with Gasteiger partial charge in [-0.3, -0.25) is 4.90 Å². The molecule has 2 N–H and O–H groups in total. The van der Waals surface area contributed by atoms with Crippen molar-refractivity contribution in [3.8, 4) is 6.07 Å². The van der Waals surface area contributed by atoms with Crippen LogP contribution in [-0.2, 0) is 6.54 Å². The molecule has 92 valence electrons. The van der Waals surface area contributed by atoms with Crippen LogP contribution in [0.3, 0.4) is 0 Å². The first kappa shape index (κ1) is 11.2. The Bertz CT molecular complexity index is 549. The Balaban J connectivity index is 1.81. The first-order valence-electron chi connectivity index (χ1n) is 6.15. The van der Waals surface area contributed by atoms with Crippen LogP contribution in [0.4, 0.5) is 0 Å². The van der Waals surface area contributed by atoms with Crippen molar-refractivity contribution in [1.82, 2.24) is 20.2 Å². The highest BCUT2D eigenvalue weighted by Gasteiger charge is 2.22. The van der Waals surface area contributed by atoms with Crippen molar-refractivity contribution < 1.29 is 0 Å². The third-order valence-corrected chi connectivity index (χ3v) is 3.29. The normalized spacial score (nSPS) is 20.9. The fraction of sp³-hybridized carbons (Fsp3) is 0.385. The predicted octanol–water partition coefficient (Wildman–Crippen LogP) is 0.860. The van der Waals surface area contributed by atoms with E-state index in [1.54, 1.807) is 0 Å². The van der Waals surface area contributed by atoms with Gasteiger partial charge in [-0.1, -0.05) is 12.1 Å². The number of hydrogen-bond donors (Lipinski definition) is 2. The molecule has 1 aliphatic heterocycles. The maximum absolute atomic E-state index is 9.12. The van der Waals surface area contributed by atoms with Gasteiger partial charge in [0.1, 0.15) is 11.9 Å². The molecule has 5 heteroatoms. The van der Waals surface area contributed by atoms with Gasteiger partial charge < -0.3 is 10.3 Å². The zero-order valence-electron chi connectivity index (χ0n) is 10.1. The van der Waals surface area contributed by atoms with Crippen molar-refractivity contribution in [2.75, 3.05) is 19.6 Å². The van der Waals surface area contributed by atoms with E-state index in [2.05, 4.69) is 26.3 Å². The van der Waals surface area contributed by atoms with Gasteiger partial charge >= 0.3 is 0 Å². The number of para-hydroxylation sites is 2. The second-order valence-electron chi connectivity index (χ2n) is 4.52. The summed E-state index contributed by atoms with van der Waals surface area (Å²) in [7, 11) is 0. The minimum Gasteiger partial charge on any atom is -0.341 e. The first-order valence-corrected chi connectivity index (χ1v) is 6.15. The topological polar surface area (TPSA) is 67.7 Å². The van der Waals surface area contributed by atoms with Gasteiger partial charge in [0.2, 0.25) is 0 Å². The molecule has 3 rings (SSSR count). The maximum Gasteiger partial charge on any atom is 0.121 e.